The van der Waals surface area contributed by atoms with E-state index in [0.717, 1.165) is 62.1 Å². The van der Waals surface area contributed by atoms with Crippen molar-refractivity contribution in [2.75, 3.05) is 19.6 Å². The van der Waals surface area contributed by atoms with Crippen LogP contribution < -0.4 is 4.74 Å². The van der Waals surface area contributed by atoms with Gasteiger partial charge < -0.3 is 19.2 Å². The van der Waals surface area contributed by atoms with E-state index in [-0.39, 0.29) is 23.5 Å². The molecule has 1 aromatic heterocycles. The third-order valence-corrected chi connectivity index (χ3v) is 10.2. The molecule has 1 spiro atoms. The summed E-state index contributed by atoms with van der Waals surface area (Å²) >= 11 is 0. The van der Waals surface area contributed by atoms with Gasteiger partial charge in [-0.3, -0.25) is 9.69 Å². The molecule has 2 bridgehead atoms. The van der Waals surface area contributed by atoms with Crippen LogP contribution in [0.25, 0.3) is 6.08 Å². The number of phenolic OH excluding ortho intramolecular Hbond substituents is 1. The number of amides is 1. The number of furan rings is 1. The van der Waals surface area contributed by atoms with Crippen molar-refractivity contribution >= 4 is 12.0 Å². The van der Waals surface area contributed by atoms with Crippen molar-refractivity contribution in [1.29, 1.82) is 0 Å². The molecule has 7 rings (SSSR count). The Balaban J connectivity index is 1.23. The summed E-state index contributed by atoms with van der Waals surface area (Å²) < 4.78 is 12.1. The van der Waals surface area contributed by atoms with E-state index in [0.29, 0.717) is 30.2 Å². The zero-order valence-corrected chi connectivity index (χ0v) is 24.0. The van der Waals surface area contributed by atoms with Crippen molar-refractivity contribution in [1.82, 2.24) is 9.80 Å². The van der Waals surface area contributed by atoms with E-state index in [4.69, 9.17) is 9.15 Å². The summed E-state index contributed by atoms with van der Waals surface area (Å²) in [5.74, 6) is 2.11. The minimum Gasteiger partial charge on any atom is -0.508 e. The summed E-state index contributed by atoms with van der Waals surface area (Å²) in [4.78, 5) is 18.6. The lowest BCUT2D eigenvalue weighted by atomic mass is 9.50. The number of likely N-dealkylation sites (tertiary alicyclic amines) is 1. The first-order valence-electron chi connectivity index (χ1n) is 15.3. The third kappa shape index (κ3) is 4.39. The van der Waals surface area contributed by atoms with E-state index in [1.807, 2.05) is 24.3 Å². The number of carbonyl (C=O) groups is 1. The van der Waals surface area contributed by atoms with Crippen molar-refractivity contribution in [2.24, 2.45) is 11.8 Å². The van der Waals surface area contributed by atoms with Crippen LogP contribution in [0.15, 0.2) is 71.6 Å². The number of carbonyl (C=O) groups excluding carboxylic acids is 1. The van der Waals surface area contributed by atoms with Crippen molar-refractivity contribution in [3.05, 3.63) is 89.4 Å². The Kier molecular flexibility index (Phi) is 6.69. The van der Waals surface area contributed by atoms with Crippen LogP contribution in [0, 0.1) is 11.8 Å². The first kappa shape index (κ1) is 26.4. The molecule has 3 aromatic rings. The highest BCUT2D eigenvalue weighted by atomic mass is 16.5. The maximum atomic E-state index is 13.8. The lowest BCUT2D eigenvalue weighted by Gasteiger charge is -2.60. The van der Waals surface area contributed by atoms with E-state index in [2.05, 4.69) is 54.0 Å². The third-order valence-electron chi connectivity index (χ3n) is 10.2. The van der Waals surface area contributed by atoms with Gasteiger partial charge in [0, 0.05) is 47.3 Å². The Morgan fingerprint density at radius 1 is 1.17 bits per heavy atom. The van der Waals surface area contributed by atoms with E-state index in [1.54, 1.807) is 18.6 Å². The van der Waals surface area contributed by atoms with E-state index >= 15 is 0 Å². The van der Waals surface area contributed by atoms with Crippen LogP contribution in [0.2, 0.25) is 0 Å². The second-order valence-electron chi connectivity index (χ2n) is 12.8. The van der Waals surface area contributed by atoms with E-state index in [1.165, 1.54) is 11.1 Å². The standard InChI is InChI=1S/C35H40N2O4/c1-23(2)21-37(32(39)13-8-25-15-19-40-22-25)28-10-9-27-29-20-26-30(38)11-12-31-33(26)35(27,34(28)41-31)16-18-36(29)17-14-24-6-4-3-5-7-24/h3-8,11-13,15,19,22-23,27-29,34,38H,9-10,14,16-18,20-21H2,1-2H3/b13-8+/t27-,28-,29+,34-,35-/m0/s1. The molecule has 0 unspecified atom stereocenters. The van der Waals surface area contributed by atoms with Crippen molar-refractivity contribution in [3.63, 3.8) is 0 Å². The summed E-state index contributed by atoms with van der Waals surface area (Å²) in [5.41, 5.74) is 4.38. The monoisotopic (exact) mass is 552 g/mol. The van der Waals surface area contributed by atoms with Crippen LogP contribution in [0.4, 0.5) is 0 Å². The van der Waals surface area contributed by atoms with E-state index in [9.17, 15) is 9.90 Å². The summed E-state index contributed by atoms with van der Waals surface area (Å²) in [5, 5.41) is 11.1. The molecule has 6 heteroatoms. The molecule has 2 aliphatic carbocycles. The SMILES string of the molecule is CC(C)CN(C(=O)/C=C/c1ccoc1)[C@H]1CC[C@H]2[C@H]3Cc4c(O)ccc5c4[C@@]2(CCN3CCc2ccccc2)[C@H]1O5. The second-order valence-corrected chi connectivity index (χ2v) is 12.8. The highest BCUT2D eigenvalue weighted by Crippen LogP contribution is 2.63. The Bertz CT molecular complexity index is 1430. The molecule has 214 valence electrons. The molecule has 2 fully saturated rings. The molecule has 41 heavy (non-hydrogen) atoms. The Morgan fingerprint density at radius 3 is 2.80 bits per heavy atom. The molecule has 6 nitrogen and oxygen atoms in total. The van der Waals surface area contributed by atoms with Gasteiger partial charge in [-0.1, -0.05) is 44.2 Å². The highest BCUT2D eigenvalue weighted by molar-refractivity contribution is 5.92. The fraction of sp³-hybridized carbons (Fsp3) is 0.457. The van der Waals surface area contributed by atoms with Crippen LogP contribution in [0.5, 0.6) is 11.5 Å². The summed E-state index contributed by atoms with van der Waals surface area (Å²) in [6, 6.07) is 16.7. The summed E-state index contributed by atoms with van der Waals surface area (Å²) in [6.07, 6.45) is 11.5. The van der Waals surface area contributed by atoms with Crippen LogP contribution >= 0.6 is 0 Å². The number of nitrogens with zero attached hydrogens (tertiary/aromatic N) is 2. The lowest BCUT2D eigenvalue weighted by molar-refractivity contribution is -0.138. The first-order valence-corrected chi connectivity index (χ1v) is 15.3. The van der Waals surface area contributed by atoms with Gasteiger partial charge in [-0.05, 0) is 80.3 Å². The molecule has 5 atom stereocenters. The smallest absolute Gasteiger partial charge is 0.246 e. The van der Waals surface area contributed by atoms with Gasteiger partial charge in [0.05, 0.1) is 18.6 Å². The van der Waals surface area contributed by atoms with Gasteiger partial charge in [-0.15, -0.1) is 0 Å². The molecule has 4 aliphatic rings. The normalized spacial score (nSPS) is 28.1. The quantitative estimate of drug-likeness (QED) is 0.356. The highest BCUT2D eigenvalue weighted by Gasteiger charge is 2.66. The van der Waals surface area contributed by atoms with Crippen LogP contribution in [-0.2, 0) is 23.1 Å². The van der Waals surface area contributed by atoms with Gasteiger partial charge in [-0.2, -0.15) is 0 Å². The van der Waals surface area contributed by atoms with Crippen molar-refractivity contribution < 1.29 is 19.1 Å². The number of rotatable bonds is 8. The zero-order chi connectivity index (χ0) is 28.1. The number of hydrogen-bond acceptors (Lipinski definition) is 5. The summed E-state index contributed by atoms with van der Waals surface area (Å²) in [7, 11) is 0. The van der Waals surface area contributed by atoms with Crippen LogP contribution in [0.1, 0.15) is 55.4 Å². The summed E-state index contributed by atoms with van der Waals surface area (Å²) in [6.45, 7) is 7.05. The number of aromatic hydroxyl groups is 1. The topological polar surface area (TPSA) is 66.2 Å². The van der Waals surface area contributed by atoms with Gasteiger partial charge in [0.2, 0.25) is 5.91 Å². The molecule has 2 aliphatic heterocycles. The first-order chi connectivity index (χ1) is 20.0. The number of hydrogen-bond donors (Lipinski definition) is 1. The largest absolute Gasteiger partial charge is 0.508 e. The maximum Gasteiger partial charge on any atom is 0.246 e. The van der Waals surface area contributed by atoms with Crippen LogP contribution in [-0.4, -0.2) is 58.6 Å². The molecule has 1 saturated carbocycles. The lowest BCUT2D eigenvalue weighted by Crippen LogP contribution is -2.69. The maximum absolute atomic E-state index is 13.8. The Hall–Kier alpha value is -3.51. The van der Waals surface area contributed by atoms with Gasteiger partial charge in [-0.25, -0.2) is 0 Å². The molecule has 1 N–H and O–H groups in total. The molecule has 2 aromatic carbocycles. The van der Waals surface area contributed by atoms with Crippen LogP contribution in [0.3, 0.4) is 0 Å². The number of ether oxygens (including phenoxy) is 1. The fourth-order valence-electron chi connectivity index (χ4n) is 8.54. The Morgan fingerprint density at radius 2 is 2.02 bits per heavy atom. The number of phenols is 1. The van der Waals surface area contributed by atoms with Gasteiger partial charge >= 0.3 is 0 Å². The number of piperidine rings is 1. The predicted molar refractivity (Wildman–Crippen MR) is 159 cm³/mol. The van der Waals surface area contributed by atoms with E-state index < -0.39 is 0 Å². The molecule has 1 saturated heterocycles. The zero-order valence-electron chi connectivity index (χ0n) is 24.0. The predicted octanol–water partition coefficient (Wildman–Crippen LogP) is 5.83. The second kappa shape index (κ2) is 10.4. The molecular formula is C35H40N2O4. The molecule has 1 amide bonds. The molecular weight excluding hydrogens is 512 g/mol. The van der Waals surface area contributed by atoms with Gasteiger partial charge in [0.25, 0.3) is 0 Å². The van der Waals surface area contributed by atoms with Gasteiger partial charge in [0.15, 0.2) is 0 Å². The molecule has 3 heterocycles. The minimum absolute atomic E-state index is 0.0211. The average molecular weight is 553 g/mol. The average Bonchev–Trinajstić information content (AvgIpc) is 3.61. The van der Waals surface area contributed by atoms with Gasteiger partial charge in [0.1, 0.15) is 17.6 Å². The fourth-order valence-corrected chi connectivity index (χ4v) is 8.54. The molecule has 0 radical (unpaired) electrons. The van der Waals surface area contributed by atoms with Crippen molar-refractivity contribution in [2.45, 2.75) is 69.6 Å². The van der Waals surface area contributed by atoms with Crippen molar-refractivity contribution in [3.8, 4) is 11.5 Å². The Labute approximate surface area is 242 Å². The minimum atomic E-state index is -0.178. The number of benzene rings is 2.